The third-order valence-corrected chi connectivity index (χ3v) is 3.15. The SMILES string of the molecule is CC1CCN(c2cccnc2C#N)C1C(=O)O. The second-order valence-corrected chi connectivity index (χ2v) is 4.23. The van der Waals surface area contributed by atoms with Gasteiger partial charge in [-0.3, -0.25) is 0 Å². The van der Waals surface area contributed by atoms with Gasteiger partial charge in [0.05, 0.1) is 5.69 Å². The van der Waals surface area contributed by atoms with Crippen LogP contribution in [0.25, 0.3) is 0 Å². The van der Waals surface area contributed by atoms with E-state index in [1.807, 2.05) is 13.0 Å². The second kappa shape index (κ2) is 4.42. The van der Waals surface area contributed by atoms with Gasteiger partial charge in [0, 0.05) is 12.7 Å². The standard InChI is InChI=1S/C12H13N3O2/c1-8-4-6-15(11(8)12(16)17)10-3-2-5-14-9(10)7-13/h2-3,5,8,11H,4,6H2,1H3,(H,16,17). The van der Waals surface area contributed by atoms with Crippen molar-refractivity contribution in [2.24, 2.45) is 5.92 Å². The molecule has 1 aliphatic heterocycles. The molecular formula is C12H13N3O2. The van der Waals surface area contributed by atoms with E-state index in [9.17, 15) is 9.90 Å². The van der Waals surface area contributed by atoms with E-state index in [4.69, 9.17) is 5.26 Å². The molecule has 1 aromatic heterocycles. The molecule has 5 heteroatoms. The van der Waals surface area contributed by atoms with Crippen LogP contribution in [-0.2, 0) is 4.79 Å². The summed E-state index contributed by atoms with van der Waals surface area (Å²) in [5.41, 5.74) is 0.902. The molecule has 88 valence electrons. The summed E-state index contributed by atoms with van der Waals surface area (Å²) in [5, 5.41) is 18.2. The van der Waals surface area contributed by atoms with Crippen molar-refractivity contribution >= 4 is 11.7 Å². The summed E-state index contributed by atoms with van der Waals surface area (Å²) in [6.45, 7) is 2.57. The first-order chi connectivity index (χ1) is 8.15. The van der Waals surface area contributed by atoms with Crippen LogP contribution < -0.4 is 4.90 Å². The minimum absolute atomic E-state index is 0.0826. The molecule has 0 radical (unpaired) electrons. The Bertz CT molecular complexity index is 481. The van der Waals surface area contributed by atoms with Crippen LogP contribution in [0.15, 0.2) is 18.3 Å². The number of carbonyl (C=O) groups is 1. The average Bonchev–Trinajstić information content (AvgIpc) is 2.71. The van der Waals surface area contributed by atoms with Gasteiger partial charge in [0.2, 0.25) is 0 Å². The third-order valence-electron chi connectivity index (χ3n) is 3.15. The molecule has 0 aliphatic carbocycles. The summed E-state index contributed by atoms with van der Waals surface area (Å²) in [4.78, 5) is 17.0. The minimum Gasteiger partial charge on any atom is -0.480 e. The zero-order valence-electron chi connectivity index (χ0n) is 9.50. The van der Waals surface area contributed by atoms with Crippen molar-refractivity contribution < 1.29 is 9.90 Å². The average molecular weight is 231 g/mol. The van der Waals surface area contributed by atoms with Gasteiger partial charge < -0.3 is 10.0 Å². The van der Waals surface area contributed by atoms with E-state index in [2.05, 4.69) is 4.98 Å². The third kappa shape index (κ3) is 1.94. The van der Waals surface area contributed by atoms with Crippen LogP contribution in [0, 0.1) is 17.2 Å². The van der Waals surface area contributed by atoms with Crippen molar-refractivity contribution in [1.82, 2.24) is 4.98 Å². The number of nitrogens with zero attached hydrogens (tertiary/aromatic N) is 3. The highest BCUT2D eigenvalue weighted by Crippen LogP contribution is 2.31. The monoisotopic (exact) mass is 231 g/mol. The molecule has 1 fully saturated rings. The first-order valence-corrected chi connectivity index (χ1v) is 5.49. The van der Waals surface area contributed by atoms with Gasteiger partial charge in [0.15, 0.2) is 5.69 Å². The van der Waals surface area contributed by atoms with Crippen molar-refractivity contribution in [1.29, 1.82) is 5.26 Å². The zero-order chi connectivity index (χ0) is 12.4. The van der Waals surface area contributed by atoms with Gasteiger partial charge in [-0.2, -0.15) is 5.26 Å². The largest absolute Gasteiger partial charge is 0.480 e. The molecule has 1 N–H and O–H groups in total. The molecule has 0 spiro atoms. The molecule has 17 heavy (non-hydrogen) atoms. The number of pyridine rings is 1. The number of aliphatic carboxylic acids is 1. The molecular weight excluding hydrogens is 218 g/mol. The number of hydrogen-bond donors (Lipinski definition) is 1. The quantitative estimate of drug-likeness (QED) is 0.828. The Kier molecular flexibility index (Phi) is 2.96. The molecule has 0 bridgehead atoms. The lowest BCUT2D eigenvalue weighted by Crippen LogP contribution is -2.39. The molecule has 1 aromatic rings. The summed E-state index contributed by atoms with van der Waals surface area (Å²) in [7, 11) is 0. The summed E-state index contributed by atoms with van der Waals surface area (Å²) < 4.78 is 0. The van der Waals surface area contributed by atoms with Crippen molar-refractivity contribution in [3.63, 3.8) is 0 Å². The molecule has 1 saturated heterocycles. The Labute approximate surface area is 99.3 Å². The highest BCUT2D eigenvalue weighted by atomic mass is 16.4. The van der Waals surface area contributed by atoms with E-state index < -0.39 is 12.0 Å². The van der Waals surface area contributed by atoms with E-state index in [0.29, 0.717) is 12.2 Å². The maximum absolute atomic E-state index is 11.3. The summed E-state index contributed by atoms with van der Waals surface area (Å²) in [6.07, 6.45) is 2.36. The van der Waals surface area contributed by atoms with Gasteiger partial charge >= 0.3 is 5.97 Å². The Hall–Kier alpha value is -2.09. The van der Waals surface area contributed by atoms with Gasteiger partial charge in [0.1, 0.15) is 12.1 Å². The Morgan fingerprint density at radius 2 is 2.47 bits per heavy atom. The van der Waals surface area contributed by atoms with Crippen LogP contribution in [0.3, 0.4) is 0 Å². The fraction of sp³-hybridized carbons (Fsp3) is 0.417. The number of carboxylic acid groups (broad SMARTS) is 1. The van der Waals surface area contributed by atoms with Gasteiger partial charge in [-0.25, -0.2) is 9.78 Å². The highest BCUT2D eigenvalue weighted by Gasteiger charge is 2.37. The predicted molar refractivity (Wildman–Crippen MR) is 61.5 cm³/mol. The van der Waals surface area contributed by atoms with Gasteiger partial charge in [-0.15, -0.1) is 0 Å². The molecule has 2 rings (SSSR count). The van der Waals surface area contributed by atoms with E-state index >= 15 is 0 Å². The number of hydrogen-bond acceptors (Lipinski definition) is 4. The van der Waals surface area contributed by atoms with Crippen LogP contribution in [0.4, 0.5) is 5.69 Å². The molecule has 0 amide bonds. The highest BCUT2D eigenvalue weighted by molar-refractivity contribution is 5.80. The van der Waals surface area contributed by atoms with Crippen LogP contribution in [0.5, 0.6) is 0 Å². The molecule has 2 unspecified atom stereocenters. The molecule has 5 nitrogen and oxygen atoms in total. The molecule has 2 heterocycles. The van der Waals surface area contributed by atoms with E-state index in [1.165, 1.54) is 6.20 Å². The van der Waals surface area contributed by atoms with Crippen LogP contribution >= 0.6 is 0 Å². The normalized spacial score (nSPS) is 23.4. The van der Waals surface area contributed by atoms with Crippen LogP contribution in [0.2, 0.25) is 0 Å². The van der Waals surface area contributed by atoms with Crippen molar-refractivity contribution in [2.75, 3.05) is 11.4 Å². The summed E-state index contributed by atoms with van der Waals surface area (Å²) in [6, 6.07) is 4.91. The first kappa shape index (κ1) is 11.4. The van der Waals surface area contributed by atoms with E-state index in [1.54, 1.807) is 17.0 Å². The zero-order valence-corrected chi connectivity index (χ0v) is 9.50. The lowest BCUT2D eigenvalue weighted by atomic mass is 10.0. The Morgan fingerprint density at radius 1 is 1.71 bits per heavy atom. The smallest absolute Gasteiger partial charge is 0.326 e. The topological polar surface area (TPSA) is 77.2 Å². The Balaban J connectivity index is 2.40. The number of nitriles is 1. The van der Waals surface area contributed by atoms with Crippen LogP contribution in [-0.4, -0.2) is 28.6 Å². The summed E-state index contributed by atoms with van der Waals surface area (Å²) in [5.74, 6) is -0.762. The van der Waals surface area contributed by atoms with Gasteiger partial charge in [-0.1, -0.05) is 6.92 Å². The number of anilines is 1. The van der Waals surface area contributed by atoms with Crippen molar-refractivity contribution in [3.8, 4) is 6.07 Å². The lowest BCUT2D eigenvalue weighted by Gasteiger charge is -2.25. The fourth-order valence-corrected chi connectivity index (χ4v) is 2.31. The first-order valence-electron chi connectivity index (χ1n) is 5.49. The number of rotatable bonds is 2. The maximum Gasteiger partial charge on any atom is 0.326 e. The van der Waals surface area contributed by atoms with E-state index in [0.717, 1.165) is 6.42 Å². The fourth-order valence-electron chi connectivity index (χ4n) is 2.31. The second-order valence-electron chi connectivity index (χ2n) is 4.23. The number of aromatic nitrogens is 1. The van der Waals surface area contributed by atoms with Crippen LogP contribution in [0.1, 0.15) is 19.0 Å². The molecule has 0 saturated carbocycles. The summed E-state index contributed by atoms with van der Waals surface area (Å²) >= 11 is 0. The number of carboxylic acids is 1. The van der Waals surface area contributed by atoms with Crippen molar-refractivity contribution in [2.45, 2.75) is 19.4 Å². The Morgan fingerprint density at radius 3 is 3.12 bits per heavy atom. The van der Waals surface area contributed by atoms with Gasteiger partial charge in [0.25, 0.3) is 0 Å². The van der Waals surface area contributed by atoms with Gasteiger partial charge in [-0.05, 0) is 24.5 Å². The van der Waals surface area contributed by atoms with E-state index in [-0.39, 0.29) is 11.6 Å². The molecule has 0 aromatic carbocycles. The predicted octanol–water partition coefficient (Wildman–Crippen LogP) is 1.25. The molecule has 1 aliphatic rings. The van der Waals surface area contributed by atoms with Crippen molar-refractivity contribution in [3.05, 3.63) is 24.0 Å². The minimum atomic E-state index is -0.845. The lowest BCUT2D eigenvalue weighted by molar-refractivity contribution is -0.139. The molecule has 2 atom stereocenters. The maximum atomic E-state index is 11.3.